The highest BCUT2D eigenvalue weighted by molar-refractivity contribution is 6.31. The molecule has 4 aromatic rings. The molecule has 10 heteroatoms. The van der Waals surface area contributed by atoms with Crippen LogP contribution in [0.5, 0.6) is 0 Å². The van der Waals surface area contributed by atoms with E-state index in [-0.39, 0.29) is 29.3 Å². The first-order chi connectivity index (χ1) is 14.9. The van der Waals surface area contributed by atoms with Crippen molar-refractivity contribution in [3.8, 4) is 22.5 Å². The Morgan fingerprint density at radius 2 is 1.81 bits per heavy atom. The van der Waals surface area contributed by atoms with Gasteiger partial charge in [-0.25, -0.2) is 23.1 Å². The Bertz CT molecular complexity index is 1240. The van der Waals surface area contributed by atoms with Gasteiger partial charge < -0.3 is 4.52 Å². The van der Waals surface area contributed by atoms with Gasteiger partial charge in [-0.1, -0.05) is 35.0 Å². The molecular weight excluding hydrogens is 433 g/mol. The number of benzene rings is 2. The lowest BCUT2D eigenvalue weighted by Crippen LogP contribution is -2.14. The fourth-order valence-corrected chi connectivity index (χ4v) is 3.18. The normalized spacial score (nSPS) is 10.8. The van der Waals surface area contributed by atoms with Crippen LogP contribution in [0.25, 0.3) is 22.5 Å². The van der Waals surface area contributed by atoms with Crippen molar-refractivity contribution >= 4 is 23.4 Å². The van der Waals surface area contributed by atoms with E-state index in [1.54, 1.807) is 24.3 Å². The largest absolute Gasteiger partial charge is 0.337 e. The van der Waals surface area contributed by atoms with Crippen LogP contribution in [0.2, 0.25) is 5.02 Å². The smallest absolute Gasteiger partial charge is 0.241 e. The molecule has 0 bridgehead atoms. The highest BCUT2D eigenvalue weighted by Gasteiger charge is 2.27. The number of halogens is 4. The van der Waals surface area contributed by atoms with Gasteiger partial charge in [-0.15, -0.1) is 0 Å². The predicted molar refractivity (Wildman–Crippen MR) is 107 cm³/mol. The number of nitrogens with one attached hydrogen (secondary N) is 1. The van der Waals surface area contributed by atoms with Gasteiger partial charge in [0.2, 0.25) is 11.8 Å². The summed E-state index contributed by atoms with van der Waals surface area (Å²) in [5, 5.41) is 6.64. The summed E-state index contributed by atoms with van der Waals surface area (Å²) < 4.78 is 47.3. The third-order valence-corrected chi connectivity index (χ3v) is 4.70. The van der Waals surface area contributed by atoms with Crippen LogP contribution in [-0.4, -0.2) is 21.0 Å². The van der Waals surface area contributed by atoms with E-state index in [1.807, 2.05) is 0 Å². The highest BCUT2D eigenvalue weighted by Crippen LogP contribution is 2.39. The van der Waals surface area contributed by atoms with E-state index in [1.165, 1.54) is 18.6 Å². The molecule has 0 unspecified atom stereocenters. The van der Waals surface area contributed by atoms with Gasteiger partial charge in [0.05, 0.1) is 23.2 Å². The van der Waals surface area contributed by atoms with Crippen LogP contribution in [0.4, 0.5) is 19.1 Å². The Labute approximate surface area is 178 Å². The summed E-state index contributed by atoms with van der Waals surface area (Å²) in [5.74, 6) is -4.15. The third kappa shape index (κ3) is 4.26. The van der Waals surface area contributed by atoms with E-state index in [4.69, 9.17) is 16.1 Å². The first-order valence-electron chi connectivity index (χ1n) is 8.88. The Morgan fingerprint density at radius 1 is 1.06 bits per heavy atom. The van der Waals surface area contributed by atoms with Crippen molar-refractivity contribution < 1.29 is 22.5 Å². The van der Waals surface area contributed by atoms with Gasteiger partial charge in [-0.2, -0.15) is 0 Å². The van der Waals surface area contributed by atoms with Crippen molar-refractivity contribution in [2.24, 2.45) is 0 Å². The summed E-state index contributed by atoms with van der Waals surface area (Å²) in [5.41, 5.74) is -0.144. The number of rotatable bonds is 5. The predicted octanol–water partition coefficient (Wildman–Crippen LogP) is 5.05. The summed E-state index contributed by atoms with van der Waals surface area (Å²) in [4.78, 5) is 20.4. The molecule has 0 saturated carbocycles. The molecule has 1 amide bonds. The van der Waals surface area contributed by atoms with Gasteiger partial charge in [-0.05, 0) is 17.7 Å². The van der Waals surface area contributed by atoms with Crippen molar-refractivity contribution in [3.05, 3.63) is 83.0 Å². The monoisotopic (exact) mass is 444 g/mol. The summed E-state index contributed by atoms with van der Waals surface area (Å²) in [7, 11) is 0. The second-order valence-electron chi connectivity index (χ2n) is 6.39. The molecule has 0 radical (unpaired) electrons. The number of carbonyl (C=O) groups excluding carboxylic acids is 1. The standard InChI is InChI=1S/C21H12ClF3N4O2/c22-13-4-2-1-3-11(13)7-17(30)28-21-19(16-5-6-26-10-27-16)20(29-31-21)18-14(24)8-12(23)9-15(18)25/h1-6,8-10H,7H2,(H,28,30). The molecule has 2 aromatic carbocycles. The van der Waals surface area contributed by atoms with Crippen LogP contribution >= 0.6 is 11.6 Å². The van der Waals surface area contributed by atoms with Gasteiger partial charge in [0.25, 0.3) is 0 Å². The fraction of sp³-hybridized carbons (Fsp3) is 0.0476. The molecule has 0 saturated heterocycles. The molecule has 0 aliphatic carbocycles. The first-order valence-corrected chi connectivity index (χ1v) is 9.26. The zero-order valence-electron chi connectivity index (χ0n) is 15.6. The topological polar surface area (TPSA) is 80.9 Å². The number of carbonyl (C=O) groups is 1. The number of hydrogen-bond acceptors (Lipinski definition) is 5. The molecule has 156 valence electrons. The van der Waals surface area contributed by atoms with E-state index in [0.29, 0.717) is 22.7 Å². The highest BCUT2D eigenvalue weighted by atomic mass is 35.5. The summed E-state index contributed by atoms with van der Waals surface area (Å²) >= 11 is 6.08. The van der Waals surface area contributed by atoms with E-state index in [0.717, 1.165) is 0 Å². The van der Waals surface area contributed by atoms with Crippen LogP contribution < -0.4 is 5.32 Å². The Morgan fingerprint density at radius 3 is 2.48 bits per heavy atom. The van der Waals surface area contributed by atoms with Gasteiger partial charge in [0.1, 0.15) is 29.5 Å². The Hall–Kier alpha value is -3.72. The molecule has 0 atom stereocenters. The molecular formula is C21H12ClF3N4O2. The lowest BCUT2D eigenvalue weighted by molar-refractivity contribution is -0.115. The fourth-order valence-electron chi connectivity index (χ4n) is 2.98. The SMILES string of the molecule is O=C(Cc1ccccc1Cl)Nc1onc(-c2c(F)cc(F)cc2F)c1-c1ccncn1. The maximum Gasteiger partial charge on any atom is 0.241 e. The molecule has 31 heavy (non-hydrogen) atoms. The molecule has 1 N–H and O–H groups in total. The van der Waals surface area contributed by atoms with Crippen molar-refractivity contribution in [2.45, 2.75) is 6.42 Å². The van der Waals surface area contributed by atoms with Crippen LogP contribution in [0.15, 0.2) is 59.5 Å². The molecule has 4 rings (SSSR count). The lowest BCUT2D eigenvalue weighted by atomic mass is 10.0. The minimum Gasteiger partial charge on any atom is -0.337 e. The maximum atomic E-state index is 14.4. The average molecular weight is 445 g/mol. The third-order valence-electron chi connectivity index (χ3n) is 4.34. The molecule has 0 aliphatic heterocycles. The lowest BCUT2D eigenvalue weighted by Gasteiger charge is -2.07. The van der Waals surface area contributed by atoms with Gasteiger partial charge in [0, 0.05) is 23.4 Å². The average Bonchev–Trinajstić information content (AvgIpc) is 3.12. The second-order valence-corrected chi connectivity index (χ2v) is 6.80. The Balaban J connectivity index is 1.76. The van der Waals surface area contributed by atoms with E-state index < -0.39 is 28.9 Å². The molecule has 6 nitrogen and oxygen atoms in total. The molecule has 2 aromatic heterocycles. The van der Waals surface area contributed by atoms with Crippen molar-refractivity contribution in [2.75, 3.05) is 5.32 Å². The molecule has 0 aliphatic rings. The summed E-state index contributed by atoms with van der Waals surface area (Å²) in [6, 6.07) is 9.27. The van der Waals surface area contributed by atoms with E-state index >= 15 is 0 Å². The zero-order valence-corrected chi connectivity index (χ0v) is 16.3. The quantitative estimate of drug-likeness (QED) is 0.466. The second kappa shape index (κ2) is 8.57. The van der Waals surface area contributed by atoms with Crippen LogP contribution in [0, 0.1) is 17.5 Å². The van der Waals surface area contributed by atoms with Crippen molar-refractivity contribution in [3.63, 3.8) is 0 Å². The molecule has 2 heterocycles. The van der Waals surface area contributed by atoms with Gasteiger partial charge in [-0.3, -0.25) is 10.1 Å². The minimum atomic E-state index is -1.19. The zero-order chi connectivity index (χ0) is 22.0. The van der Waals surface area contributed by atoms with E-state index in [2.05, 4.69) is 20.4 Å². The van der Waals surface area contributed by atoms with E-state index in [9.17, 15) is 18.0 Å². The first kappa shape index (κ1) is 20.5. The molecule has 0 spiro atoms. The Kier molecular flexibility index (Phi) is 5.68. The molecule has 0 fully saturated rings. The number of amides is 1. The number of hydrogen-bond donors (Lipinski definition) is 1. The number of anilines is 1. The van der Waals surface area contributed by atoms with Crippen molar-refractivity contribution in [1.29, 1.82) is 0 Å². The number of nitrogens with zero attached hydrogens (tertiary/aromatic N) is 3. The summed E-state index contributed by atoms with van der Waals surface area (Å²) in [6.07, 6.45) is 2.52. The van der Waals surface area contributed by atoms with Gasteiger partial charge >= 0.3 is 0 Å². The number of aromatic nitrogens is 3. The van der Waals surface area contributed by atoms with Crippen LogP contribution in [0.3, 0.4) is 0 Å². The minimum absolute atomic E-state index is 0.0133. The van der Waals surface area contributed by atoms with Gasteiger partial charge in [0.15, 0.2) is 0 Å². The summed E-state index contributed by atoms with van der Waals surface area (Å²) in [6.45, 7) is 0. The van der Waals surface area contributed by atoms with Crippen molar-refractivity contribution in [1.82, 2.24) is 15.1 Å². The van der Waals surface area contributed by atoms with Crippen LogP contribution in [-0.2, 0) is 11.2 Å². The van der Waals surface area contributed by atoms with Crippen LogP contribution in [0.1, 0.15) is 5.56 Å². The maximum absolute atomic E-state index is 14.4.